The van der Waals surface area contributed by atoms with Crippen molar-refractivity contribution in [1.29, 1.82) is 0 Å². The molecule has 0 saturated heterocycles. The molecule has 20 heavy (non-hydrogen) atoms. The molecule has 0 saturated carbocycles. The van der Waals surface area contributed by atoms with Crippen molar-refractivity contribution in [3.63, 3.8) is 0 Å². The van der Waals surface area contributed by atoms with Crippen LogP contribution in [0.25, 0.3) is 0 Å². The lowest BCUT2D eigenvalue weighted by Crippen LogP contribution is -2.07. The smallest absolute Gasteiger partial charge is 0.168 e. The van der Waals surface area contributed by atoms with Gasteiger partial charge in [-0.3, -0.25) is 0 Å². The number of halogens is 3. The number of rotatable bonds is 4. The minimum absolute atomic E-state index is 0.0365. The summed E-state index contributed by atoms with van der Waals surface area (Å²) in [4.78, 5) is 0. The maximum atomic E-state index is 13.9. The summed E-state index contributed by atoms with van der Waals surface area (Å²) in [5.41, 5.74) is -0.0345. The first-order valence-corrected chi connectivity index (χ1v) is 5.97. The Bertz CT molecular complexity index is 614. The lowest BCUT2D eigenvalue weighted by atomic mass is 10.0. The van der Waals surface area contributed by atoms with E-state index >= 15 is 0 Å². The van der Waals surface area contributed by atoms with Crippen LogP contribution in [0.3, 0.4) is 0 Å². The summed E-state index contributed by atoms with van der Waals surface area (Å²) in [6.07, 6.45) is -1.52. The second kappa shape index (κ2) is 5.96. The number of hydrogen-bond donors (Lipinski definition) is 1. The second-order valence-electron chi connectivity index (χ2n) is 4.32. The summed E-state index contributed by atoms with van der Waals surface area (Å²) in [7, 11) is 1.32. The quantitative estimate of drug-likeness (QED) is 0.931. The molecule has 0 radical (unpaired) electrons. The highest BCUT2D eigenvalue weighted by atomic mass is 19.1. The molecule has 0 amide bonds. The van der Waals surface area contributed by atoms with Gasteiger partial charge in [-0.05, 0) is 29.8 Å². The van der Waals surface area contributed by atoms with Gasteiger partial charge in [0.2, 0.25) is 0 Å². The van der Waals surface area contributed by atoms with Crippen LogP contribution in [-0.2, 0) is 6.42 Å². The van der Waals surface area contributed by atoms with Crippen LogP contribution in [0.5, 0.6) is 5.75 Å². The van der Waals surface area contributed by atoms with Crippen molar-refractivity contribution >= 4 is 0 Å². The van der Waals surface area contributed by atoms with Crippen LogP contribution in [0.1, 0.15) is 17.2 Å². The Morgan fingerprint density at radius 1 is 1.15 bits per heavy atom. The summed E-state index contributed by atoms with van der Waals surface area (Å²) < 4.78 is 45.3. The minimum Gasteiger partial charge on any atom is -0.494 e. The molecule has 106 valence electrons. The van der Waals surface area contributed by atoms with Crippen LogP contribution in [-0.4, -0.2) is 12.2 Å². The summed E-state index contributed by atoms with van der Waals surface area (Å²) in [6.45, 7) is 0. The van der Waals surface area contributed by atoms with E-state index in [9.17, 15) is 18.3 Å². The zero-order valence-electron chi connectivity index (χ0n) is 10.7. The van der Waals surface area contributed by atoms with Gasteiger partial charge in [-0.1, -0.05) is 12.1 Å². The van der Waals surface area contributed by atoms with Crippen LogP contribution in [0.15, 0.2) is 36.4 Å². The number of benzene rings is 2. The Morgan fingerprint density at radius 3 is 2.60 bits per heavy atom. The molecular weight excluding hydrogens is 269 g/mol. The third-order valence-electron chi connectivity index (χ3n) is 2.99. The molecule has 0 spiro atoms. The molecule has 5 heteroatoms. The van der Waals surface area contributed by atoms with Crippen LogP contribution in [0, 0.1) is 17.5 Å². The van der Waals surface area contributed by atoms with Crippen molar-refractivity contribution in [1.82, 2.24) is 0 Å². The van der Waals surface area contributed by atoms with Crippen molar-refractivity contribution in [2.45, 2.75) is 12.5 Å². The lowest BCUT2D eigenvalue weighted by molar-refractivity contribution is 0.171. The van der Waals surface area contributed by atoms with Crippen LogP contribution >= 0.6 is 0 Å². The van der Waals surface area contributed by atoms with E-state index in [1.54, 1.807) is 6.07 Å². The Hall–Kier alpha value is -2.01. The van der Waals surface area contributed by atoms with Gasteiger partial charge in [-0.15, -0.1) is 0 Å². The summed E-state index contributed by atoms with van der Waals surface area (Å²) in [6, 6.07) is 7.24. The van der Waals surface area contributed by atoms with E-state index in [1.807, 2.05) is 0 Å². The Balaban J connectivity index is 2.28. The predicted octanol–water partition coefficient (Wildman–Crippen LogP) is 3.39. The van der Waals surface area contributed by atoms with E-state index in [0.29, 0.717) is 0 Å². The van der Waals surface area contributed by atoms with Gasteiger partial charge >= 0.3 is 0 Å². The highest BCUT2D eigenvalue weighted by Crippen LogP contribution is 2.26. The Morgan fingerprint density at radius 2 is 1.90 bits per heavy atom. The molecule has 2 aromatic rings. The number of ether oxygens (including phenoxy) is 1. The number of methoxy groups -OCH3 is 1. The lowest BCUT2D eigenvalue weighted by Gasteiger charge is -2.14. The van der Waals surface area contributed by atoms with Gasteiger partial charge in [0.1, 0.15) is 11.6 Å². The Kier molecular flexibility index (Phi) is 4.29. The van der Waals surface area contributed by atoms with E-state index in [0.717, 1.165) is 18.2 Å². The van der Waals surface area contributed by atoms with Gasteiger partial charge in [-0.2, -0.15) is 0 Å². The molecule has 0 aliphatic rings. The molecule has 0 aliphatic heterocycles. The normalized spacial score (nSPS) is 12.2. The molecule has 2 rings (SSSR count). The largest absolute Gasteiger partial charge is 0.494 e. The molecule has 0 heterocycles. The van der Waals surface area contributed by atoms with Gasteiger partial charge in [-0.25, -0.2) is 13.2 Å². The summed E-state index contributed by atoms with van der Waals surface area (Å²) in [5, 5.41) is 9.95. The topological polar surface area (TPSA) is 29.5 Å². The molecule has 0 fully saturated rings. The van der Waals surface area contributed by atoms with Crippen LogP contribution < -0.4 is 4.74 Å². The van der Waals surface area contributed by atoms with Crippen molar-refractivity contribution < 1.29 is 23.0 Å². The molecule has 0 aromatic heterocycles. The first-order valence-electron chi connectivity index (χ1n) is 5.97. The maximum absolute atomic E-state index is 13.9. The fraction of sp³-hybridized carbons (Fsp3) is 0.200. The van der Waals surface area contributed by atoms with E-state index in [2.05, 4.69) is 0 Å². The number of aliphatic hydroxyl groups is 1. The van der Waals surface area contributed by atoms with Gasteiger partial charge in [0.25, 0.3) is 0 Å². The molecule has 0 bridgehead atoms. The molecule has 0 aliphatic carbocycles. The average Bonchev–Trinajstić information content (AvgIpc) is 2.43. The zero-order valence-corrected chi connectivity index (χ0v) is 10.7. The number of aliphatic hydroxyl groups excluding tert-OH is 1. The second-order valence-corrected chi connectivity index (χ2v) is 4.32. The molecule has 1 N–H and O–H groups in total. The van der Waals surface area contributed by atoms with Gasteiger partial charge < -0.3 is 9.84 Å². The first-order chi connectivity index (χ1) is 9.52. The fourth-order valence-corrected chi connectivity index (χ4v) is 1.96. The third-order valence-corrected chi connectivity index (χ3v) is 2.99. The standard InChI is InChI=1S/C15H13F3O2/c1-20-14-4-2-3-9(15(14)18)7-13(19)11-8-10(16)5-6-12(11)17/h2-6,8,13,19H,7H2,1H3. The molecule has 2 aromatic carbocycles. The highest BCUT2D eigenvalue weighted by Gasteiger charge is 2.17. The molecule has 1 unspecified atom stereocenters. The van der Waals surface area contributed by atoms with Gasteiger partial charge in [0.05, 0.1) is 13.2 Å². The zero-order chi connectivity index (χ0) is 14.7. The summed E-state index contributed by atoms with van der Waals surface area (Å²) in [5.74, 6) is -1.98. The first kappa shape index (κ1) is 14.4. The van der Waals surface area contributed by atoms with Crippen molar-refractivity contribution in [3.8, 4) is 5.75 Å². The maximum Gasteiger partial charge on any atom is 0.168 e. The Labute approximate surface area is 114 Å². The molecular formula is C15H13F3O2. The van der Waals surface area contributed by atoms with E-state index < -0.39 is 23.6 Å². The van der Waals surface area contributed by atoms with E-state index in [4.69, 9.17) is 4.74 Å². The van der Waals surface area contributed by atoms with Gasteiger partial charge in [0, 0.05) is 12.0 Å². The van der Waals surface area contributed by atoms with Gasteiger partial charge in [0.15, 0.2) is 11.6 Å². The molecule has 2 nitrogen and oxygen atoms in total. The average molecular weight is 282 g/mol. The van der Waals surface area contributed by atoms with Crippen LogP contribution in [0.4, 0.5) is 13.2 Å². The van der Waals surface area contributed by atoms with Crippen molar-refractivity contribution in [2.24, 2.45) is 0 Å². The summed E-state index contributed by atoms with van der Waals surface area (Å²) >= 11 is 0. The third kappa shape index (κ3) is 2.93. The SMILES string of the molecule is COc1cccc(CC(O)c2cc(F)ccc2F)c1F. The predicted molar refractivity (Wildman–Crippen MR) is 68.0 cm³/mol. The highest BCUT2D eigenvalue weighted by molar-refractivity contribution is 5.32. The van der Waals surface area contributed by atoms with E-state index in [-0.39, 0.29) is 23.3 Å². The van der Waals surface area contributed by atoms with Crippen LogP contribution in [0.2, 0.25) is 0 Å². The minimum atomic E-state index is -1.34. The fourth-order valence-electron chi connectivity index (χ4n) is 1.96. The van der Waals surface area contributed by atoms with E-state index in [1.165, 1.54) is 19.2 Å². The van der Waals surface area contributed by atoms with Crippen molar-refractivity contribution in [2.75, 3.05) is 7.11 Å². The molecule has 1 atom stereocenters. The monoisotopic (exact) mass is 282 g/mol. The number of hydrogen-bond acceptors (Lipinski definition) is 2. The van der Waals surface area contributed by atoms with Crippen molar-refractivity contribution in [3.05, 3.63) is 65.0 Å².